The number of ketones is 1. The number of carbonyl (C=O) groups is 2. The lowest BCUT2D eigenvalue weighted by molar-refractivity contribution is -0.137. The first-order valence-corrected chi connectivity index (χ1v) is 14.3. The fourth-order valence-electron chi connectivity index (χ4n) is 5.50. The zero-order chi connectivity index (χ0) is 28.4. The minimum atomic E-state index is -0.990. The minimum absolute atomic E-state index is 0.157. The summed E-state index contributed by atoms with van der Waals surface area (Å²) in [7, 11) is 0. The van der Waals surface area contributed by atoms with Crippen LogP contribution < -0.4 is 15.4 Å². The molecule has 1 unspecified atom stereocenters. The largest absolute Gasteiger partial charge is 0.492 e. The van der Waals surface area contributed by atoms with E-state index in [4.69, 9.17) is 4.74 Å². The molecule has 0 bridgehead atoms. The molecule has 0 heterocycles. The quantitative estimate of drug-likeness (QED) is 0.121. The van der Waals surface area contributed by atoms with Gasteiger partial charge in [-0.05, 0) is 60.2 Å². The van der Waals surface area contributed by atoms with Gasteiger partial charge < -0.3 is 20.5 Å². The van der Waals surface area contributed by atoms with Crippen molar-refractivity contribution in [2.24, 2.45) is 0 Å². The van der Waals surface area contributed by atoms with E-state index in [1.54, 1.807) is 36.4 Å². The zero-order valence-corrected chi connectivity index (χ0v) is 23.1. The lowest BCUT2D eigenvalue weighted by Crippen LogP contribution is -2.32. The highest BCUT2D eigenvalue weighted by atomic mass is 16.5. The second-order valence-electron chi connectivity index (χ2n) is 10.5. The summed E-state index contributed by atoms with van der Waals surface area (Å²) in [6.45, 7) is 1.21. The molecule has 6 nitrogen and oxygen atoms in total. The van der Waals surface area contributed by atoms with Gasteiger partial charge >= 0.3 is 5.97 Å². The van der Waals surface area contributed by atoms with E-state index >= 15 is 0 Å². The van der Waals surface area contributed by atoms with Gasteiger partial charge in [0.05, 0.1) is 0 Å². The second kappa shape index (κ2) is 13.7. The Morgan fingerprint density at radius 3 is 2.20 bits per heavy atom. The molecule has 4 aromatic rings. The van der Waals surface area contributed by atoms with Crippen molar-refractivity contribution in [3.8, 4) is 5.75 Å². The van der Waals surface area contributed by atoms with Crippen molar-refractivity contribution in [2.45, 2.75) is 44.1 Å². The molecular formula is C35H36N2O4. The molecule has 1 atom stereocenters. The SMILES string of the molecule is O=C(c1ccccc1)c1ccccc1NC(Cc1ccc(OCCNc2ccccc2C2CCCC2)cc1)C(=O)O. The fraction of sp³-hybridized carbons (Fsp3) is 0.257. The smallest absolute Gasteiger partial charge is 0.326 e. The van der Waals surface area contributed by atoms with Gasteiger partial charge in [-0.1, -0.05) is 85.6 Å². The van der Waals surface area contributed by atoms with Crippen LogP contribution in [-0.2, 0) is 11.2 Å². The molecule has 3 N–H and O–H groups in total. The van der Waals surface area contributed by atoms with Crippen molar-refractivity contribution in [3.63, 3.8) is 0 Å². The van der Waals surface area contributed by atoms with Gasteiger partial charge in [-0.25, -0.2) is 4.79 Å². The number of carboxylic acids is 1. The van der Waals surface area contributed by atoms with E-state index in [2.05, 4.69) is 34.9 Å². The van der Waals surface area contributed by atoms with E-state index in [9.17, 15) is 14.7 Å². The molecule has 1 saturated carbocycles. The summed E-state index contributed by atoms with van der Waals surface area (Å²) in [6, 6.07) is 31.2. The van der Waals surface area contributed by atoms with Crippen LogP contribution in [0.25, 0.3) is 0 Å². The maximum atomic E-state index is 13.1. The number of nitrogens with one attached hydrogen (secondary N) is 2. The Morgan fingerprint density at radius 1 is 0.805 bits per heavy atom. The Bertz CT molecular complexity index is 1450. The van der Waals surface area contributed by atoms with Crippen LogP contribution in [0, 0.1) is 0 Å². The third kappa shape index (κ3) is 7.34. The number of benzene rings is 4. The van der Waals surface area contributed by atoms with Crippen LogP contribution in [-0.4, -0.2) is 36.1 Å². The summed E-state index contributed by atoms with van der Waals surface area (Å²) in [5.41, 5.74) is 4.94. The number of carbonyl (C=O) groups excluding carboxylic acids is 1. The van der Waals surface area contributed by atoms with Gasteiger partial charge in [0.1, 0.15) is 18.4 Å². The van der Waals surface area contributed by atoms with Crippen molar-refractivity contribution < 1.29 is 19.4 Å². The zero-order valence-electron chi connectivity index (χ0n) is 23.1. The lowest BCUT2D eigenvalue weighted by atomic mass is 9.96. The highest BCUT2D eigenvalue weighted by Crippen LogP contribution is 2.37. The number of hydrogen-bond donors (Lipinski definition) is 3. The monoisotopic (exact) mass is 548 g/mol. The topological polar surface area (TPSA) is 87.7 Å². The van der Waals surface area contributed by atoms with Gasteiger partial charge in [0.2, 0.25) is 0 Å². The van der Waals surface area contributed by atoms with Gasteiger partial charge in [-0.15, -0.1) is 0 Å². The molecule has 5 rings (SSSR count). The molecule has 1 fully saturated rings. The van der Waals surface area contributed by atoms with Crippen LogP contribution >= 0.6 is 0 Å². The molecule has 0 spiro atoms. The van der Waals surface area contributed by atoms with E-state index < -0.39 is 12.0 Å². The standard InChI is InChI=1S/C35H36N2O4/c38-34(27-12-2-1-3-13-27)30-15-7-9-17-32(30)37-33(35(39)40)24-25-18-20-28(21-19-25)41-23-22-36-31-16-8-6-14-29(31)26-10-4-5-11-26/h1-3,6-9,12-21,26,33,36-37H,4-5,10-11,22-24H2,(H,39,40). The second-order valence-corrected chi connectivity index (χ2v) is 10.5. The van der Waals surface area contributed by atoms with E-state index in [0.717, 1.165) is 11.3 Å². The van der Waals surface area contributed by atoms with Crippen molar-refractivity contribution in [1.82, 2.24) is 0 Å². The Morgan fingerprint density at radius 2 is 1.46 bits per heavy atom. The molecule has 0 aliphatic heterocycles. The Balaban J connectivity index is 1.16. The number of carboxylic acid groups (broad SMARTS) is 1. The van der Waals surface area contributed by atoms with Crippen molar-refractivity contribution in [2.75, 3.05) is 23.8 Å². The molecule has 0 amide bonds. The summed E-state index contributed by atoms with van der Waals surface area (Å²) in [6.07, 6.45) is 5.39. The third-order valence-electron chi connectivity index (χ3n) is 7.64. The molecule has 0 aromatic heterocycles. The normalized spacial score (nSPS) is 13.9. The maximum absolute atomic E-state index is 13.1. The van der Waals surface area contributed by atoms with Gasteiger partial charge in [0, 0.05) is 35.5 Å². The Labute approximate surface area is 241 Å². The highest BCUT2D eigenvalue weighted by molar-refractivity contribution is 6.12. The van der Waals surface area contributed by atoms with Gasteiger partial charge in [0.25, 0.3) is 0 Å². The number of rotatable bonds is 13. The number of para-hydroxylation sites is 2. The maximum Gasteiger partial charge on any atom is 0.326 e. The first-order chi connectivity index (χ1) is 20.1. The Hall–Kier alpha value is -4.58. The van der Waals surface area contributed by atoms with E-state index in [0.29, 0.717) is 35.9 Å². The number of ether oxygens (including phenoxy) is 1. The minimum Gasteiger partial charge on any atom is -0.492 e. The number of hydrogen-bond acceptors (Lipinski definition) is 5. The van der Waals surface area contributed by atoms with Gasteiger partial charge in [0.15, 0.2) is 5.78 Å². The van der Waals surface area contributed by atoms with Crippen LogP contribution in [0.4, 0.5) is 11.4 Å². The predicted molar refractivity (Wildman–Crippen MR) is 163 cm³/mol. The van der Waals surface area contributed by atoms with Gasteiger partial charge in [-0.3, -0.25) is 4.79 Å². The average Bonchev–Trinajstić information content (AvgIpc) is 3.55. The van der Waals surface area contributed by atoms with Crippen molar-refractivity contribution in [1.29, 1.82) is 0 Å². The first kappa shape index (κ1) is 28.0. The summed E-state index contributed by atoms with van der Waals surface area (Å²) < 4.78 is 5.95. The number of anilines is 2. The molecule has 41 heavy (non-hydrogen) atoms. The third-order valence-corrected chi connectivity index (χ3v) is 7.64. The molecule has 0 radical (unpaired) electrons. The summed E-state index contributed by atoms with van der Waals surface area (Å²) in [5.74, 6) is 0.236. The lowest BCUT2D eigenvalue weighted by Gasteiger charge is -2.18. The molecule has 1 aliphatic carbocycles. The average molecular weight is 549 g/mol. The van der Waals surface area contributed by atoms with Crippen molar-refractivity contribution >= 4 is 23.1 Å². The fourth-order valence-corrected chi connectivity index (χ4v) is 5.50. The molecule has 0 saturated heterocycles. The van der Waals surface area contributed by atoms with E-state index in [1.165, 1.54) is 36.9 Å². The first-order valence-electron chi connectivity index (χ1n) is 14.3. The summed E-state index contributed by atoms with van der Waals surface area (Å²) in [4.78, 5) is 25.2. The van der Waals surface area contributed by atoms with Crippen LogP contribution in [0.3, 0.4) is 0 Å². The van der Waals surface area contributed by atoms with E-state index in [1.807, 2.05) is 42.5 Å². The van der Waals surface area contributed by atoms with Crippen LogP contribution in [0.1, 0.15) is 58.6 Å². The van der Waals surface area contributed by atoms with Gasteiger partial charge in [-0.2, -0.15) is 0 Å². The molecule has 210 valence electrons. The molecule has 1 aliphatic rings. The predicted octanol–water partition coefficient (Wildman–Crippen LogP) is 7.17. The van der Waals surface area contributed by atoms with Crippen molar-refractivity contribution in [3.05, 3.63) is 125 Å². The van der Waals surface area contributed by atoms with Crippen LogP contribution in [0.5, 0.6) is 5.75 Å². The summed E-state index contributed by atoms with van der Waals surface area (Å²) in [5, 5.41) is 16.6. The van der Waals surface area contributed by atoms with E-state index in [-0.39, 0.29) is 12.2 Å². The molecule has 6 heteroatoms. The summed E-state index contributed by atoms with van der Waals surface area (Å²) >= 11 is 0. The molecule has 4 aromatic carbocycles. The Kier molecular flexibility index (Phi) is 9.32. The highest BCUT2D eigenvalue weighted by Gasteiger charge is 2.22. The van der Waals surface area contributed by atoms with Crippen LogP contribution in [0.15, 0.2) is 103 Å². The molecular weight excluding hydrogens is 512 g/mol. The van der Waals surface area contributed by atoms with Crippen LogP contribution in [0.2, 0.25) is 0 Å². The number of aliphatic carboxylic acids is 1.